The van der Waals surface area contributed by atoms with E-state index >= 15 is 0 Å². The van der Waals surface area contributed by atoms with Crippen LogP contribution in [0, 0.1) is 17.3 Å². The van der Waals surface area contributed by atoms with Crippen LogP contribution in [0.25, 0.3) is 11.0 Å². The van der Waals surface area contributed by atoms with Crippen LogP contribution >= 0.6 is 0 Å². The van der Waals surface area contributed by atoms with Crippen molar-refractivity contribution in [1.82, 2.24) is 30.2 Å². The minimum atomic E-state index is -3.90. The summed E-state index contributed by atoms with van der Waals surface area (Å²) in [5.41, 5.74) is -0.451. The standard InChI is InChI=1S/C38H50N6O9S/c1-6-22-19-38(22,35(47)43-54(49,50)25-13-14-25)42-32(45)29-18-24-20-44(29)34(46)31(37(2,3)4)41-36(48)53-30-16-21(30)10-8-7-9-11-27-33(52-24)40-28-17-23(51-5)12-15-26(28)39-27/h6,12,15,17,21-22,24-25,29-31H,1,7-11,13-14,16,18-20H2,2-5H3,(H,41,48)(H,42,45)(H,43,47)/t21-,22-,24?,29?,30?,31?,38-/m1/s1. The normalized spacial score (nSPS) is 30.3. The maximum atomic E-state index is 14.6. The average molecular weight is 767 g/mol. The van der Waals surface area contributed by atoms with E-state index in [9.17, 15) is 27.6 Å². The van der Waals surface area contributed by atoms with Gasteiger partial charge in [0, 0.05) is 18.4 Å². The molecule has 2 aromatic rings. The molecule has 5 aliphatic rings. The third kappa shape index (κ3) is 7.85. The molecule has 3 N–H and O–H groups in total. The summed E-state index contributed by atoms with van der Waals surface area (Å²) in [7, 11) is -2.33. The van der Waals surface area contributed by atoms with Crippen LogP contribution < -0.4 is 24.8 Å². The Balaban J connectivity index is 1.22. The molecule has 1 aromatic carbocycles. The lowest BCUT2D eigenvalue weighted by Gasteiger charge is -2.35. The van der Waals surface area contributed by atoms with E-state index in [2.05, 4.69) is 21.9 Å². The highest BCUT2D eigenvalue weighted by molar-refractivity contribution is 7.91. The SMILES string of the molecule is C=C[C@@H]1C[C@]1(NC(=O)C1CC2CN1C(=O)C(C(C)(C)C)NC(=O)OC1C[C@H]1CCCCCc1nc3ccc(OC)cc3nc1O2)C(=O)NS(=O)(=O)C1CC1. The number of aryl methyl sites for hydroxylation is 1. The summed E-state index contributed by atoms with van der Waals surface area (Å²) >= 11 is 0. The predicted molar refractivity (Wildman–Crippen MR) is 197 cm³/mol. The van der Waals surface area contributed by atoms with Gasteiger partial charge in [0.05, 0.1) is 29.9 Å². The number of rotatable bonds is 7. The molecule has 15 nitrogen and oxygen atoms in total. The Morgan fingerprint density at radius 1 is 1.07 bits per heavy atom. The van der Waals surface area contributed by atoms with Crippen LogP contribution in [0.3, 0.4) is 0 Å². The lowest BCUT2D eigenvalue weighted by molar-refractivity contribution is -0.142. The molecule has 54 heavy (non-hydrogen) atoms. The fourth-order valence-electron chi connectivity index (χ4n) is 7.64. The number of alkyl carbamates (subject to hydrolysis) is 1. The van der Waals surface area contributed by atoms with Gasteiger partial charge >= 0.3 is 6.09 Å². The number of sulfonamides is 1. The van der Waals surface area contributed by atoms with Gasteiger partial charge in [0.15, 0.2) is 0 Å². The number of carbonyl (C=O) groups excluding carboxylic acids is 4. The molecule has 1 saturated heterocycles. The molecule has 3 heterocycles. The third-order valence-electron chi connectivity index (χ3n) is 11.3. The number of hydrogen-bond acceptors (Lipinski definition) is 11. The number of carbonyl (C=O) groups is 4. The van der Waals surface area contributed by atoms with Crippen LogP contribution in [0.5, 0.6) is 11.6 Å². The number of aromatic nitrogens is 2. The summed E-state index contributed by atoms with van der Waals surface area (Å²) in [5.74, 6) is -1.39. The zero-order chi connectivity index (χ0) is 38.6. The zero-order valence-corrected chi connectivity index (χ0v) is 32.1. The number of fused-ring (bicyclic) bond motifs is 5. The van der Waals surface area contributed by atoms with E-state index < -0.39 is 74.1 Å². The molecule has 3 aliphatic carbocycles. The Hall–Kier alpha value is -4.47. The molecule has 4 unspecified atom stereocenters. The minimum absolute atomic E-state index is 0.0245. The second-order valence-corrected chi connectivity index (χ2v) is 18.4. The smallest absolute Gasteiger partial charge is 0.408 e. The molecule has 2 aliphatic heterocycles. The Morgan fingerprint density at radius 3 is 2.54 bits per heavy atom. The first kappa shape index (κ1) is 37.8. The Labute approximate surface area is 315 Å². The van der Waals surface area contributed by atoms with E-state index in [1.54, 1.807) is 13.2 Å². The second-order valence-electron chi connectivity index (χ2n) is 16.5. The fourth-order valence-corrected chi connectivity index (χ4v) is 9.00. The van der Waals surface area contributed by atoms with Crippen LogP contribution in [0.1, 0.15) is 84.3 Å². The molecular formula is C38H50N6O9S. The lowest BCUT2D eigenvalue weighted by atomic mass is 9.85. The summed E-state index contributed by atoms with van der Waals surface area (Å²) in [6.07, 6.45) is 5.93. The van der Waals surface area contributed by atoms with Gasteiger partial charge in [0.2, 0.25) is 27.7 Å². The van der Waals surface area contributed by atoms with Gasteiger partial charge in [0.1, 0.15) is 41.3 Å². The lowest BCUT2D eigenvalue weighted by Crippen LogP contribution is -2.60. The quantitative estimate of drug-likeness (QED) is 0.350. The molecule has 292 valence electrons. The van der Waals surface area contributed by atoms with Crippen LogP contribution in [-0.4, -0.2) is 95.8 Å². The van der Waals surface area contributed by atoms with Crippen LogP contribution in [0.2, 0.25) is 0 Å². The van der Waals surface area contributed by atoms with E-state index in [4.69, 9.17) is 24.2 Å². The summed E-state index contributed by atoms with van der Waals surface area (Å²) in [6, 6.07) is 3.20. The number of methoxy groups -OCH3 is 1. The van der Waals surface area contributed by atoms with Crippen molar-refractivity contribution in [3.05, 3.63) is 36.5 Å². The first-order valence-electron chi connectivity index (χ1n) is 18.9. The average Bonchev–Trinajstić information content (AvgIpc) is 4.04. The summed E-state index contributed by atoms with van der Waals surface area (Å²) in [5, 5.41) is 4.96. The van der Waals surface area contributed by atoms with Crippen molar-refractivity contribution in [2.24, 2.45) is 17.3 Å². The monoisotopic (exact) mass is 766 g/mol. The van der Waals surface area contributed by atoms with Gasteiger partial charge in [-0.05, 0) is 68.4 Å². The molecule has 4 amide bonds. The molecule has 2 bridgehead atoms. The highest BCUT2D eigenvalue weighted by atomic mass is 32.2. The fraction of sp³-hybridized carbons (Fsp3) is 0.632. The first-order valence-corrected chi connectivity index (χ1v) is 20.5. The van der Waals surface area contributed by atoms with E-state index in [0.717, 1.165) is 32.1 Å². The van der Waals surface area contributed by atoms with Gasteiger partial charge in [-0.15, -0.1) is 6.58 Å². The van der Waals surface area contributed by atoms with Gasteiger partial charge in [0.25, 0.3) is 5.91 Å². The first-order chi connectivity index (χ1) is 25.6. The van der Waals surface area contributed by atoms with Crippen molar-refractivity contribution in [3.63, 3.8) is 0 Å². The van der Waals surface area contributed by atoms with E-state index in [1.165, 1.54) is 11.0 Å². The number of benzene rings is 1. The number of hydrogen-bond donors (Lipinski definition) is 3. The van der Waals surface area contributed by atoms with Crippen LogP contribution in [0.15, 0.2) is 30.9 Å². The maximum Gasteiger partial charge on any atom is 0.408 e. The van der Waals surface area contributed by atoms with Gasteiger partial charge in [-0.25, -0.2) is 23.2 Å². The maximum absolute atomic E-state index is 14.6. The van der Waals surface area contributed by atoms with Gasteiger partial charge < -0.3 is 29.7 Å². The second kappa shape index (κ2) is 14.3. The van der Waals surface area contributed by atoms with Crippen molar-refractivity contribution in [2.45, 2.75) is 120 Å². The molecule has 16 heteroatoms. The summed E-state index contributed by atoms with van der Waals surface area (Å²) in [6.45, 7) is 9.18. The van der Waals surface area contributed by atoms with Crippen molar-refractivity contribution in [3.8, 4) is 11.6 Å². The van der Waals surface area contributed by atoms with E-state index in [1.807, 2.05) is 32.9 Å². The van der Waals surface area contributed by atoms with E-state index in [0.29, 0.717) is 47.6 Å². The Morgan fingerprint density at radius 2 is 1.85 bits per heavy atom. The molecule has 7 atom stereocenters. The Bertz CT molecular complexity index is 1960. The zero-order valence-electron chi connectivity index (χ0n) is 31.3. The topological polar surface area (TPSA) is 195 Å². The third-order valence-corrected chi connectivity index (χ3v) is 13.1. The molecule has 1 aromatic heterocycles. The number of nitrogens with zero attached hydrogens (tertiary/aromatic N) is 3. The number of nitrogens with one attached hydrogen (secondary N) is 3. The highest BCUT2D eigenvalue weighted by Gasteiger charge is 2.62. The van der Waals surface area contributed by atoms with Gasteiger partial charge in [-0.1, -0.05) is 39.7 Å². The van der Waals surface area contributed by atoms with Crippen molar-refractivity contribution in [2.75, 3.05) is 13.7 Å². The summed E-state index contributed by atoms with van der Waals surface area (Å²) < 4.78 is 45.3. The van der Waals surface area contributed by atoms with Crippen LogP contribution in [0.4, 0.5) is 4.79 Å². The van der Waals surface area contributed by atoms with Crippen molar-refractivity contribution >= 4 is 44.9 Å². The molecular weight excluding hydrogens is 717 g/mol. The minimum Gasteiger partial charge on any atom is -0.497 e. The molecule has 4 fully saturated rings. The van der Waals surface area contributed by atoms with Crippen LogP contribution in [-0.2, 0) is 35.6 Å². The predicted octanol–water partition coefficient (Wildman–Crippen LogP) is 3.30. The Kier molecular flexibility index (Phi) is 10.0. The number of ether oxygens (including phenoxy) is 3. The molecule has 7 rings (SSSR count). The van der Waals surface area contributed by atoms with Crippen molar-refractivity contribution < 1.29 is 41.8 Å². The highest BCUT2D eigenvalue weighted by Crippen LogP contribution is 2.46. The molecule has 0 radical (unpaired) electrons. The number of amides is 4. The van der Waals surface area contributed by atoms with Gasteiger partial charge in [-0.2, -0.15) is 0 Å². The summed E-state index contributed by atoms with van der Waals surface area (Å²) in [4.78, 5) is 66.8. The van der Waals surface area contributed by atoms with Crippen molar-refractivity contribution in [1.29, 1.82) is 0 Å². The van der Waals surface area contributed by atoms with Gasteiger partial charge in [-0.3, -0.25) is 19.1 Å². The van der Waals surface area contributed by atoms with E-state index in [-0.39, 0.29) is 31.4 Å². The largest absolute Gasteiger partial charge is 0.497 e. The molecule has 3 saturated carbocycles. The molecule has 0 spiro atoms.